The number of aromatic nitrogens is 2. The van der Waals surface area contributed by atoms with Crippen LogP contribution in [0.4, 0.5) is 5.82 Å². The van der Waals surface area contributed by atoms with Gasteiger partial charge < -0.3 is 14.8 Å². The van der Waals surface area contributed by atoms with Crippen LogP contribution in [0.15, 0.2) is 17.2 Å². The Morgan fingerprint density at radius 3 is 2.62 bits per heavy atom. The van der Waals surface area contributed by atoms with Crippen LogP contribution in [0.5, 0.6) is 0 Å². The van der Waals surface area contributed by atoms with E-state index < -0.39 is 0 Å². The van der Waals surface area contributed by atoms with Crippen molar-refractivity contribution in [2.45, 2.75) is 70.6 Å². The van der Waals surface area contributed by atoms with E-state index in [1.807, 2.05) is 13.8 Å². The van der Waals surface area contributed by atoms with Gasteiger partial charge in [0.1, 0.15) is 0 Å². The van der Waals surface area contributed by atoms with Gasteiger partial charge in [0.25, 0.3) is 5.56 Å². The molecule has 0 spiro atoms. The summed E-state index contributed by atoms with van der Waals surface area (Å²) in [6.07, 6.45) is 8.35. The third-order valence-corrected chi connectivity index (χ3v) is 4.91. The van der Waals surface area contributed by atoms with Crippen molar-refractivity contribution in [3.05, 3.63) is 22.7 Å². The molecule has 2 unspecified atom stereocenters. The molecule has 5 heteroatoms. The molecule has 0 amide bonds. The summed E-state index contributed by atoms with van der Waals surface area (Å²) in [5.41, 5.74) is 0.0419. The SMILES string of the molecule is CCN(c1nccn(C(C)C)c1=O)C1CC2CCC(C1)N2. The molecule has 21 heavy (non-hydrogen) atoms. The molecule has 1 aromatic heterocycles. The van der Waals surface area contributed by atoms with E-state index >= 15 is 0 Å². The molecular weight excluding hydrogens is 264 g/mol. The smallest absolute Gasteiger partial charge is 0.293 e. The zero-order chi connectivity index (χ0) is 15.0. The van der Waals surface area contributed by atoms with Gasteiger partial charge in [0.05, 0.1) is 0 Å². The van der Waals surface area contributed by atoms with E-state index in [-0.39, 0.29) is 11.6 Å². The van der Waals surface area contributed by atoms with Gasteiger partial charge in [-0.05, 0) is 46.5 Å². The minimum absolute atomic E-state index is 0.0419. The van der Waals surface area contributed by atoms with Gasteiger partial charge in [-0.3, -0.25) is 4.79 Å². The first-order valence-corrected chi connectivity index (χ1v) is 8.20. The van der Waals surface area contributed by atoms with E-state index in [0.29, 0.717) is 23.9 Å². The minimum Gasteiger partial charge on any atom is -0.349 e. The fraction of sp³-hybridized carbons (Fsp3) is 0.750. The molecule has 2 aliphatic heterocycles. The van der Waals surface area contributed by atoms with Crippen molar-refractivity contribution in [3.63, 3.8) is 0 Å². The Balaban J connectivity index is 1.90. The maximum absolute atomic E-state index is 12.7. The minimum atomic E-state index is 0.0419. The van der Waals surface area contributed by atoms with Crippen LogP contribution >= 0.6 is 0 Å². The number of piperidine rings is 1. The van der Waals surface area contributed by atoms with Crippen molar-refractivity contribution in [3.8, 4) is 0 Å². The second kappa shape index (κ2) is 5.79. The van der Waals surface area contributed by atoms with Gasteiger partial charge in [-0.1, -0.05) is 0 Å². The second-order valence-corrected chi connectivity index (χ2v) is 6.61. The normalized spacial score (nSPS) is 28.1. The molecule has 0 aliphatic carbocycles. The Bertz CT molecular complexity index is 541. The molecule has 116 valence electrons. The monoisotopic (exact) mass is 290 g/mol. The summed E-state index contributed by atoms with van der Waals surface area (Å²) in [4.78, 5) is 19.3. The molecule has 3 rings (SSSR count). The average molecular weight is 290 g/mol. The first-order valence-electron chi connectivity index (χ1n) is 8.20. The Morgan fingerprint density at radius 1 is 1.38 bits per heavy atom. The Labute approximate surface area is 126 Å². The molecule has 0 radical (unpaired) electrons. The Morgan fingerprint density at radius 2 is 2.05 bits per heavy atom. The van der Waals surface area contributed by atoms with Crippen LogP contribution in [0.25, 0.3) is 0 Å². The number of nitrogens with one attached hydrogen (secondary N) is 1. The maximum atomic E-state index is 12.7. The lowest BCUT2D eigenvalue weighted by Gasteiger charge is -2.37. The standard InChI is InChI=1S/C16H26N4O/c1-4-19(14-9-12-5-6-13(10-14)18-12)15-16(21)20(11(2)3)8-7-17-15/h7-8,11-14,18H,4-6,9-10H2,1-3H3. The van der Waals surface area contributed by atoms with E-state index in [9.17, 15) is 4.79 Å². The fourth-order valence-electron chi connectivity index (χ4n) is 3.88. The highest BCUT2D eigenvalue weighted by atomic mass is 16.1. The van der Waals surface area contributed by atoms with Crippen LogP contribution in [-0.4, -0.2) is 34.2 Å². The molecule has 2 atom stereocenters. The molecule has 3 heterocycles. The lowest BCUT2D eigenvalue weighted by atomic mass is 9.98. The molecule has 1 aromatic rings. The van der Waals surface area contributed by atoms with Crippen molar-refractivity contribution in [1.29, 1.82) is 0 Å². The fourth-order valence-corrected chi connectivity index (χ4v) is 3.88. The highest BCUT2D eigenvalue weighted by Crippen LogP contribution is 2.30. The molecule has 2 fully saturated rings. The van der Waals surface area contributed by atoms with E-state index in [1.165, 1.54) is 12.8 Å². The van der Waals surface area contributed by atoms with E-state index in [1.54, 1.807) is 17.0 Å². The van der Waals surface area contributed by atoms with E-state index in [2.05, 4.69) is 22.1 Å². The summed E-state index contributed by atoms with van der Waals surface area (Å²) < 4.78 is 1.78. The van der Waals surface area contributed by atoms with Crippen LogP contribution in [0, 0.1) is 0 Å². The average Bonchev–Trinajstić information content (AvgIpc) is 2.80. The van der Waals surface area contributed by atoms with Crippen LogP contribution in [0.2, 0.25) is 0 Å². The van der Waals surface area contributed by atoms with Crippen molar-refractivity contribution >= 4 is 5.82 Å². The van der Waals surface area contributed by atoms with Crippen LogP contribution < -0.4 is 15.8 Å². The number of anilines is 1. The highest BCUT2D eigenvalue weighted by molar-refractivity contribution is 5.38. The van der Waals surface area contributed by atoms with E-state index in [4.69, 9.17) is 0 Å². The first kappa shape index (κ1) is 14.6. The predicted octanol–water partition coefficient (Wildman–Crippen LogP) is 1.93. The highest BCUT2D eigenvalue weighted by Gasteiger charge is 2.36. The Hall–Kier alpha value is -1.36. The molecular formula is C16H26N4O. The largest absolute Gasteiger partial charge is 0.349 e. The molecule has 2 aliphatic rings. The van der Waals surface area contributed by atoms with Gasteiger partial charge in [-0.2, -0.15) is 0 Å². The molecule has 5 nitrogen and oxygen atoms in total. The number of hydrogen-bond acceptors (Lipinski definition) is 4. The van der Waals surface area contributed by atoms with Crippen LogP contribution in [0.3, 0.4) is 0 Å². The van der Waals surface area contributed by atoms with Crippen molar-refractivity contribution in [2.24, 2.45) is 0 Å². The molecule has 2 bridgehead atoms. The van der Waals surface area contributed by atoms with Gasteiger partial charge in [0.15, 0.2) is 5.82 Å². The molecule has 0 aromatic carbocycles. The van der Waals surface area contributed by atoms with Crippen LogP contribution in [0.1, 0.15) is 52.5 Å². The third kappa shape index (κ3) is 2.71. The van der Waals surface area contributed by atoms with E-state index in [0.717, 1.165) is 19.4 Å². The van der Waals surface area contributed by atoms with Gasteiger partial charge in [0, 0.05) is 43.1 Å². The molecule has 0 saturated carbocycles. The first-order chi connectivity index (χ1) is 10.1. The summed E-state index contributed by atoms with van der Waals surface area (Å²) in [7, 11) is 0. The van der Waals surface area contributed by atoms with Gasteiger partial charge in [0.2, 0.25) is 0 Å². The second-order valence-electron chi connectivity index (χ2n) is 6.61. The summed E-state index contributed by atoms with van der Waals surface area (Å²) in [5.74, 6) is 0.625. The number of nitrogens with zero attached hydrogens (tertiary/aromatic N) is 3. The summed E-state index contributed by atoms with van der Waals surface area (Å²) in [6.45, 7) is 7.03. The summed E-state index contributed by atoms with van der Waals surface area (Å²) in [5, 5.41) is 3.66. The number of hydrogen-bond donors (Lipinski definition) is 1. The molecule has 1 N–H and O–H groups in total. The zero-order valence-electron chi connectivity index (χ0n) is 13.2. The Kier molecular flexibility index (Phi) is 4.02. The van der Waals surface area contributed by atoms with Gasteiger partial charge >= 0.3 is 0 Å². The van der Waals surface area contributed by atoms with Gasteiger partial charge in [-0.25, -0.2) is 4.98 Å². The van der Waals surface area contributed by atoms with Crippen molar-refractivity contribution in [2.75, 3.05) is 11.4 Å². The molecule has 2 saturated heterocycles. The van der Waals surface area contributed by atoms with Gasteiger partial charge in [-0.15, -0.1) is 0 Å². The summed E-state index contributed by atoms with van der Waals surface area (Å²) >= 11 is 0. The lowest BCUT2D eigenvalue weighted by Crippen LogP contribution is -2.50. The topological polar surface area (TPSA) is 50.2 Å². The van der Waals surface area contributed by atoms with Crippen LogP contribution in [-0.2, 0) is 0 Å². The summed E-state index contributed by atoms with van der Waals surface area (Å²) in [6, 6.07) is 1.86. The third-order valence-electron chi connectivity index (χ3n) is 4.91. The predicted molar refractivity (Wildman–Crippen MR) is 84.9 cm³/mol. The number of rotatable bonds is 4. The number of fused-ring (bicyclic) bond motifs is 2. The zero-order valence-corrected chi connectivity index (χ0v) is 13.2. The maximum Gasteiger partial charge on any atom is 0.293 e. The quantitative estimate of drug-likeness (QED) is 0.920. The van der Waals surface area contributed by atoms with Crippen molar-refractivity contribution < 1.29 is 0 Å². The van der Waals surface area contributed by atoms with Crippen molar-refractivity contribution in [1.82, 2.24) is 14.9 Å². The lowest BCUT2D eigenvalue weighted by molar-refractivity contribution is 0.347.